The smallest absolute Gasteiger partial charge is 0.257 e. The second-order valence-electron chi connectivity index (χ2n) is 10.9. The van der Waals surface area contributed by atoms with Crippen LogP contribution in [0.4, 0.5) is 15.3 Å². The Morgan fingerprint density at radius 1 is 0.523 bits per heavy atom. The van der Waals surface area contributed by atoms with E-state index < -0.39 is 10.2 Å². The van der Waals surface area contributed by atoms with Crippen molar-refractivity contribution in [2.75, 3.05) is 10.0 Å². The van der Waals surface area contributed by atoms with Crippen LogP contribution in [0.3, 0.4) is 0 Å². The lowest BCUT2D eigenvalue weighted by Gasteiger charge is -2.26. The van der Waals surface area contributed by atoms with Gasteiger partial charge in [-0.3, -0.25) is 10.0 Å². The molecular formula is C36H29FN4O2S. The molecule has 0 saturated carbocycles. The van der Waals surface area contributed by atoms with Crippen molar-refractivity contribution in [3.05, 3.63) is 162 Å². The Balaban J connectivity index is 1.20. The van der Waals surface area contributed by atoms with Crippen LogP contribution in [0, 0.1) is 0 Å². The molecule has 218 valence electrons. The predicted molar refractivity (Wildman–Crippen MR) is 173 cm³/mol. The number of hydrazone groups is 2. The van der Waals surface area contributed by atoms with Crippen molar-refractivity contribution < 1.29 is 12.3 Å². The maximum Gasteiger partial charge on any atom is 0.332 e. The SMILES string of the molecule is O=S(=O)(F)c1ccc(C2=NN(c3ccccc3)C(c3ccc(N4N=C(c5ccccc5)CC4c4ccccc4)cc3)C2)cc1. The van der Waals surface area contributed by atoms with Gasteiger partial charge < -0.3 is 0 Å². The van der Waals surface area contributed by atoms with E-state index >= 15 is 0 Å². The molecule has 8 heteroatoms. The molecule has 2 aliphatic rings. The highest BCUT2D eigenvalue weighted by atomic mass is 32.3. The molecule has 0 spiro atoms. The lowest BCUT2D eigenvalue weighted by molar-refractivity contribution is 0.552. The van der Waals surface area contributed by atoms with Gasteiger partial charge in [-0.05, 0) is 58.7 Å². The molecule has 6 nitrogen and oxygen atoms in total. The molecule has 7 rings (SSSR count). The molecule has 0 amide bonds. The van der Waals surface area contributed by atoms with Crippen LogP contribution in [0.2, 0.25) is 0 Å². The molecule has 2 atom stereocenters. The van der Waals surface area contributed by atoms with E-state index in [1.807, 2.05) is 59.6 Å². The molecule has 5 aromatic rings. The molecule has 0 saturated heterocycles. The summed E-state index contributed by atoms with van der Waals surface area (Å²) in [4.78, 5) is -0.360. The lowest BCUT2D eigenvalue weighted by atomic mass is 9.97. The van der Waals surface area contributed by atoms with Crippen LogP contribution < -0.4 is 10.0 Å². The van der Waals surface area contributed by atoms with Gasteiger partial charge in [-0.2, -0.15) is 18.6 Å². The fourth-order valence-corrected chi connectivity index (χ4v) is 6.37. The molecule has 44 heavy (non-hydrogen) atoms. The minimum absolute atomic E-state index is 0.0793. The second kappa shape index (κ2) is 11.5. The summed E-state index contributed by atoms with van der Waals surface area (Å²) in [6.45, 7) is 0. The molecular weight excluding hydrogens is 571 g/mol. The largest absolute Gasteiger partial charge is 0.332 e. The van der Waals surface area contributed by atoms with Gasteiger partial charge in [0.2, 0.25) is 0 Å². The molecule has 0 aromatic heterocycles. The van der Waals surface area contributed by atoms with Gasteiger partial charge in [0.1, 0.15) is 0 Å². The average molecular weight is 601 g/mol. The number of hydrogen-bond donors (Lipinski definition) is 0. The third-order valence-electron chi connectivity index (χ3n) is 8.14. The summed E-state index contributed by atoms with van der Waals surface area (Å²) >= 11 is 0. The van der Waals surface area contributed by atoms with Crippen molar-refractivity contribution in [1.82, 2.24) is 0 Å². The molecule has 5 aromatic carbocycles. The van der Waals surface area contributed by atoms with Gasteiger partial charge in [0.05, 0.1) is 39.8 Å². The average Bonchev–Trinajstić information content (AvgIpc) is 3.72. The zero-order valence-corrected chi connectivity index (χ0v) is 24.6. The lowest BCUT2D eigenvalue weighted by Crippen LogP contribution is -2.20. The summed E-state index contributed by atoms with van der Waals surface area (Å²) < 4.78 is 36.2. The Hall–Kier alpha value is -5.08. The number of rotatable bonds is 7. The number of nitrogens with zero attached hydrogens (tertiary/aromatic N) is 4. The number of benzene rings is 5. The summed E-state index contributed by atoms with van der Waals surface area (Å²) in [5.74, 6) is 0. The van der Waals surface area contributed by atoms with Gasteiger partial charge in [-0.25, -0.2) is 0 Å². The maximum atomic E-state index is 13.5. The first kappa shape index (κ1) is 27.7. The summed E-state index contributed by atoms with van der Waals surface area (Å²) in [6, 6.07) is 45.0. The second-order valence-corrected chi connectivity index (χ2v) is 12.2. The standard InChI is InChI=1S/C36H29FN4O2S/c37-44(42,43)32-22-18-27(19-23-32)34-25-36(40(39-34)30-14-8-3-9-15-30)29-16-20-31(21-17-29)41-35(28-12-6-2-7-13-28)24-33(38-41)26-10-4-1-5-11-26/h1-23,35-36H,24-25H2. The van der Waals surface area contributed by atoms with Crippen molar-refractivity contribution in [2.45, 2.75) is 29.8 Å². The van der Waals surface area contributed by atoms with Crippen molar-refractivity contribution >= 4 is 33.0 Å². The Kier molecular flexibility index (Phi) is 7.28. The van der Waals surface area contributed by atoms with E-state index in [2.05, 4.69) is 65.7 Å². The Morgan fingerprint density at radius 3 is 1.48 bits per heavy atom. The van der Waals surface area contributed by atoms with Gasteiger partial charge in [0.15, 0.2) is 0 Å². The van der Waals surface area contributed by atoms with E-state index in [0.717, 1.165) is 45.9 Å². The van der Waals surface area contributed by atoms with E-state index in [1.165, 1.54) is 17.7 Å². The van der Waals surface area contributed by atoms with Gasteiger partial charge in [0, 0.05) is 12.8 Å². The van der Waals surface area contributed by atoms with Crippen LogP contribution in [0.15, 0.2) is 155 Å². The van der Waals surface area contributed by atoms with Gasteiger partial charge in [0.25, 0.3) is 0 Å². The molecule has 0 N–H and O–H groups in total. The summed E-state index contributed by atoms with van der Waals surface area (Å²) in [7, 11) is -4.77. The Morgan fingerprint density at radius 2 is 0.955 bits per heavy atom. The molecule has 2 aliphatic heterocycles. The van der Waals surface area contributed by atoms with Crippen LogP contribution in [-0.4, -0.2) is 19.8 Å². The third kappa shape index (κ3) is 5.52. The maximum absolute atomic E-state index is 13.5. The van der Waals surface area contributed by atoms with E-state index in [1.54, 1.807) is 12.1 Å². The monoisotopic (exact) mass is 600 g/mol. The summed E-state index contributed by atoms with van der Waals surface area (Å²) in [5, 5.41) is 14.2. The van der Waals surface area contributed by atoms with Crippen LogP contribution in [0.5, 0.6) is 0 Å². The minimum Gasteiger partial charge on any atom is -0.257 e. The van der Waals surface area contributed by atoms with Crippen LogP contribution in [-0.2, 0) is 10.2 Å². The zero-order valence-electron chi connectivity index (χ0n) is 23.7. The summed E-state index contributed by atoms with van der Waals surface area (Å²) in [5.41, 5.74) is 7.97. The van der Waals surface area contributed by atoms with Crippen molar-refractivity contribution in [3.63, 3.8) is 0 Å². The van der Waals surface area contributed by atoms with E-state index in [0.29, 0.717) is 6.42 Å². The van der Waals surface area contributed by atoms with E-state index in [-0.39, 0.29) is 17.0 Å². The first-order valence-electron chi connectivity index (χ1n) is 14.5. The highest BCUT2D eigenvalue weighted by Crippen LogP contribution is 2.40. The first-order chi connectivity index (χ1) is 21.4. The number of anilines is 2. The fourth-order valence-electron chi connectivity index (χ4n) is 5.91. The van der Waals surface area contributed by atoms with Crippen molar-refractivity contribution in [3.8, 4) is 0 Å². The quantitative estimate of drug-likeness (QED) is 0.177. The fraction of sp³-hybridized carbons (Fsp3) is 0.111. The normalized spacial score (nSPS) is 18.3. The van der Waals surface area contributed by atoms with Crippen molar-refractivity contribution in [1.29, 1.82) is 0 Å². The molecule has 2 heterocycles. The number of halogens is 1. The molecule has 0 radical (unpaired) electrons. The number of para-hydroxylation sites is 1. The van der Waals surface area contributed by atoms with Crippen LogP contribution >= 0.6 is 0 Å². The third-order valence-corrected chi connectivity index (χ3v) is 8.98. The van der Waals surface area contributed by atoms with E-state index in [4.69, 9.17) is 10.2 Å². The van der Waals surface area contributed by atoms with E-state index in [9.17, 15) is 12.3 Å². The van der Waals surface area contributed by atoms with Crippen LogP contribution in [0.25, 0.3) is 0 Å². The van der Waals surface area contributed by atoms with Gasteiger partial charge in [-0.15, -0.1) is 3.89 Å². The predicted octanol–water partition coefficient (Wildman–Crippen LogP) is 8.06. The van der Waals surface area contributed by atoms with Crippen molar-refractivity contribution in [2.24, 2.45) is 10.2 Å². The molecule has 0 aliphatic carbocycles. The van der Waals surface area contributed by atoms with Gasteiger partial charge in [-0.1, -0.05) is 103 Å². The van der Waals surface area contributed by atoms with Crippen LogP contribution in [0.1, 0.15) is 47.2 Å². The highest BCUT2D eigenvalue weighted by Gasteiger charge is 2.32. The minimum atomic E-state index is -4.77. The Labute approximate surface area is 256 Å². The molecule has 2 unspecified atom stereocenters. The number of hydrogen-bond acceptors (Lipinski definition) is 6. The highest BCUT2D eigenvalue weighted by molar-refractivity contribution is 7.86. The van der Waals surface area contributed by atoms with Gasteiger partial charge >= 0.3 is 10.2 Å². The molecule has 0 bridgehead atoms. The first-order valence-corrected chi connectivity index (χ1v) is 15.9. The topological polar surface area (TPSA) is 65.3 Å². The molecule has 0 fully saturated rings. The summed E-state index contributed by atoms with van der Waals surface area (Å²) in [6.07, 6.45) is 1.41. The zero-order chi connectivity index (χ0) is 30.1. The Bertz CT molecular complexity index is 1930.